The molecule has 2 heteroatoms. The zero-order valence-corrected chi connectivity index (χ0v) is 11.1. The van der Waals surface area contributed by atoms with E-state index >= 15 is 0 Å². The van der Waals surface area contributed by atoms with Crippen molar-refractivity contribution in [1.29, 1.82) is 0 Å². The minimum Gasteiger partial charge on any atom is -0.391 e. The van der Waals surface area contributed by atoms with Crippen LogP contribution in [0.4, 0.5) is 0 Å². The molecule has 1 fully saturated rings. The summed E-state index contributed by atoms with van der Waals surface area (Å²) in [4.78, 5) is 2.58. The number of hydrogen-bond donors (Lipinski definition) is 1. The average molecular weight is 244 g/mol. The van der Waals surface area contributed by atoms with Crippen molar-refractivity contribution in [2.45, 2.75) is 25.8 Å². The van der Waals surface area contributed by atoms with Crippen LogP contribution in [0.25, 0.3) is 0 Å². The maximum absolute atomic E-state index is 3.68. The van der Waals surface area contributed by atoms with Crippen LogP contribution in [0.15, 0.2) is 43.1 Å². The number of hydrogen-bond acceptors (Lipinski definition) is 2. The first-order valence-corrected chi connectivity index (χ1v) is 6.99. The lowest BCUT2D eigenvalue weighted by atomic mass is 9.93. The Morgan fingerprint density at radius 2 is 1.94 bits per heavy atom. The second kappa shape index (κ2) is 7.22. The SMILES string of the molecule is C=CNCCC1CCN(Cc2ccccc2)CC1. The molecule has 0 saturated carbocycles. The molecule has 0 aliphatic carbocycles. The molecule has 0 radical (unpaired) electrons. The van der Waals surface area contributed by atoms with E-state index in [2.05, 4.69) is 47.1 Å². The molecule has 1 N–H and O–H groups in total. The number of likely N-dealkylation sites (tertiary alicyclic amines) is 1. The number of nitrogens with zero attached hydrogens (tertiary/aromatic N) is 1. The van der Waals surface area contributed by atoms with E-state index in [0.29, 0.717) is 0 Å². The van der Waals surface area contributed by atoms with E-state index in [1.165, 1.54) is 37.9 Å². The van der Waals surface area contributed by atoms with Gasteiger partial charge in [-0.2, -0.15) is 0 Å². The fraction of sp³-hybridized carbons (Fsp3) is 0.500. The molecule has 0 spiro atoms. The lowest BCUT2D eigenvalue weighted by Crippen LogP contribution is -2.33. The fourth-order valence-corrected chi connectivity index (χ4v) is 2.66. The molecule has 0 aromatic heterocycles. The van der Waals surface area contributed by atoms with Gasteiger partial charge in [0.1, 0.15) is 0 Å². The lowest BCUT2D eigenvalue weighted by Gasteiger charge is -2.32. The number of rotatable bonds is 6. The quantitative estimate of drug-likeness (QED) is 0.774. The van der Waals surface area contributed by atoms with Crippen molar-refractivity contribution >= 4 is 0 Å². The van der Waals surface area contributed by atoms with Crippen molar-refractivity contribution in [1.82, 2.24) is 10.2 Å². The Morgan fingerprint density at radius 3 is 2.61 bits per heavy atom. The van der Waals surface area contributed by atoms with Gasteiger partial charge in [0, 0.05) is 13.1 Å². The fourth-order valence-electron chi connectivity index (χ4n) is 2.66. The lowest BCUT2D eigenvalue weighted by molar-refractivity contribution is 0.172. The van der Waals surface area contributed by atoms with Crippen molar-refractivity contribution in [2.24, 2.45) is 5.92 Å². The third-order valence-corrected chi connectivity index (χ3v) is 3.80. The molecular weight excluding hydrogens is 220 g/mol. The zero-order valence-electron chi connectivity index (χ0n) is 11.1. The molecule has 1 heterocycles. The molecule has 2 rings (SSSR count). The summed E-state index contributed by atoms with van der Waals surface area (Å²) in [5, 5.41) is 3.20. The topological polar surface area (TPSA) is 15.3 Å². The minimum absolute atomic E-state index is 0.893. The highest BCUT2D eigenvalue weighted by Gasteiger charge is 2.18. The molecular formula is C16H24N2. The average Bonchev–Trinajstić information content (AvgIpc) is 2.42. The van der Waals surface area contributed by atoms with Crippen molar-refractivity contribution < 1.29 is 0 Å². The van der Waals surface area contributed by atoms with Gasteiger partial charge in [0.25, 0.3) is 0 Å². The van der Waals surface area contributed by atoms with Gasteiger partial charge in [0.15, 0.2) is 0 Å². The normalized spacial score (nSPS) is 17.6. The van der Waals surface area contributed by atoms with E-state index in [0.717, 1.165) is 19.0 Å². The van der Waals surface area contributed by atoms with Gasteiger partial charge in [-0.15, -0.1) is 0 Å². The molecule has 0 bridgehead atoms. The highest BCUT2D eigenvalue weighted by Crippen LogP contribution is 2.21. The van der Waals surface area contributed by atoms with Gasteiger partial charge in [-0.1, -0.05) is 36.9 Å². The molecule has 1 aromatic carbocycles. The van der Waals surface area contributed by atoms with Crippen LogP contribution in [0, 0.1) is 5.92 Å². The Hall–Kier alpha value is -1.28. The molecule has 1 aliphatic heterocycles. The number of nitrogens with one attached hydrogen (secondary N) is 1. The maximum atomic E-state index is 3.68. The first-order valence-electron chi connectivity index (χ1n) is 6.99. The standard InChI is InChI=1S/C16H24N2/c1-2-17-11-8-15-9-12-18(13-10-15)14-16-6-4-3-5-7-16/h2-7,15,17H,1,8-14H2. The van der Waals surface area contributed by atoms with Gasteiger partial charge >= 0.3 is 0 Å². The summed E-state index contributed by atoms with van der Waals surface area (Å²) in [6.07, 6.45) is 5.76. The first kappa shape index (κ1) is 13.2. The highest BCUT2D eigenvalue weighted by atomic mass is 15.1. The summed E-state index contributed by atoms with van der Waals surface area (Å²) in [6, 6.07) is 10.8. The summed E-state index contributed by atoms with van der Waals surface area (Å²) in [7, 11) is 0. The molecule has 0 amide bonds. The van der Waals surface area contributed by atoms with Crippen molar-refractivity contribution in [3.8, 4) is 0 Å². The Bertz CT molecular complexity index is 339. The Labute approximate surface area is 111 Å². The minimum atomic E-state index is 0.893. The van der Waals surface area contributed by atoms with Crippen molar-refractivity contribution in [2.75, 3.05) is 19.6 Å². The van der Waals surface area contributed by atoms with Crippen LogP contribution < -0.4 is 5.32 Å². The van der Waals surface area contributed by atoms with Gasteiger partial charge < -0.3 is 5.32 Å². The van der Waals surface area contributed by atoms with Gasteiger partial charge in [-0.05, 0) is 50.0 Å². The van der Waals surface area contributed by atoms with Crippen molar-refractivity contribution in [3.05, 3.63) is 48.7 Å². The second-order valence-electron chi connectivity index (χ2n) is 5.15. The van der Waals surface area contributed by atoms with Crippen LogP contribution in [-0.4, -0.2) is 24.5 Å². The molecule has 0 atom stereocenters. The van der Waals surface area contributed by atoms with E-state index in [4.69, 9.17) is 0 Å². The van der Waals surface area contributed by atoms with Gasteiger partial charge in [-0.25, -0.2) is 0 Å². The third-order valence-electron chi connectivity index (χ3n) is 3.80. The second-order valence-corrected chi connectivity index (χ2v) is 5.15. The third kappa shape index (κ3) is 4.19. The summed E-state index contributed by atoms with van der Waals surface area (Å²) in [6.45, 7) is 8.36. The molecule has 2 nitrogen and oxygen atoms in total. The van der Waals surface area contributed by atoms with E-state index in [9.17, 15) is 0 Å². The smallest absolute Gasteiger partial charge is 0.0233 e. The number of piperidine rings is 1. The van der Waals surface area contributed by atoms with E-state index in [1.54, 1.807) is 6.20 Å². The van der Waals surface area contributed by atoms with Gasteiger partial charge in [0.05, 0.1) is 0 Å². The predicted octanol–water partition coefficient (Wildman–Crippen LogP) is 3.02. The van der Waals surface area contributed by atoms with Crippen LogP contribution in [-0.2, 0) is 6.54 Å². The molecule has 1 aliphatic rings. The van der Waals surface area contributed by atoms with Crippen LogP contribution in [0.5, 0.6) is 0 Å². The van der Waals surface area contributed by atoms with E-state index in [-0.39, 0.29) is 0 Å². The molecule has 0 unspecified atom stereocenters. The van der Waals surface area contributed by atoms with Gasteiger partial charge in [0.2, 0.25) is 0 Å². The first-order chi connectivity index (χ1) is 8.88. The summed E-state index contributed by atoms with van der Waals surface area (Å²) in [5.41, 5.74) is 1.43. The summed E-state index contributed by atoms with van der Waals surface area (Å²) < 4.78 is 0. The van der Waals surface area contributed by atoms with E-state index < -0.39 is 0 Å². The van der Waals surface area contributed by atoms with Crippen LogP contribution in [0.1, 0.15) is 24.8 Å². The monoisotopic (exact) mass is 244 g/mol. The van der Waals surface area contributed by atoms with Crippen LogP contribution >= 0.6 is 0 Å². The zero-order chi connectivity index (χ0) is 12.6. The largest absolute Gasteiger partial charge is 0.391 e. The Balaban J connectivity index is 1.68. The molecule has 18 heavy (non-hydrogen) atoms. The van der Waals surface area contributed by atoms with Crippen molar-refractivity contribution in [3.63, 3.8) is 0 Å². The summed E-state index contributed by atoms with van der Waals surface area (Å²) >= 11 is 0. The van der Waals surface area contributed by atoms with E-state index in [1.807, 2.05) is 0 Å². The van der Waals surface area contributed by atoms with Crippen LogP contribution in [0.3, 0.4) is 0 Å². The molecule has 1 aromatic rings. The highest BCUT2D eigenvalue weighted by molar-refractivity contribution is 5.14. The number of benzene rings is 1. The van der Waals surface area contributed by atoms with Crippen LogP contribution in [0.2, 0.25) is 0 Å². The molecule has 98 valence electrons. The Kier molecular flexibility index (Phi) is 5.28. The maximum Gasteiger partial charge on any atom is 0.0233 e. The van der Waals surface area contributed by atoms with Gasteiger partial charge in [-0.3, -0.25) is 4.90 Å². The predicted molar refractivity (Wildman–Crippen MR) is 77.3 cm³/mol. The Morgan fingerprint density at radius 1 is 1.22 bits per heavy atom. The summed E-state index contributed by atoms with van der Waals surface area (Å²) in [5.74, 6) is 0.893. The molecule has 1 saturated heterocycles.